The van der Waals surface area contributed by atoms with Crippen LogP contribution >= 0.6 is 22.9 Å². The normalized spacial score (nSPS) is 24.3. The van der Waals surface area contributed by atoms with Crippen molar-refractivity contribution in [2.24, 2.45) is 11.3 Å². The first-order valence-corrected chi connectivity index (χ1v) is 10.9. The summed E-state index contributed by atoms with van der Waals surface area (Å²) in [4.78, 5) is 34.3. The molecule has 29 heavy (non-hydrogen) atoms. The van der Waals surface area contributed by atoms with Gasteiger partial charge in [-0.1, -0.05) is 11.6 Å². The highest BCUT2D eigenvalue weighted by Crippen LogP contribution is 2.43. The minimum Gasteiger partial charge on any atom is -0.396 e. The lowest BCUT2D eigenvalue weighted by Gasteiger charge is -2.27. The lowest BCUT2D eigenvalue weighted by Crippen LogP contribution is -2.41. The molecule has 0 bridgehead atoms. The van der Waals surface area contributed by atoms with Crippen molar-refractivity contribution in [3.63, 3.8) is 0 Å². The first-order chi connectivity index (χ1) is 13.8. The predicted molar refractivity (Wildman–Crippen MR) is 112 cm³/mol. The molecule has 2 aromatic heterocycles. The summed E-state index contributed by atoms with van der Waals surface area (Å²) in [5.41, 5.74) is 0.682. The number of rotatable bonds is 5. The molecule has 2 aliphatic rings. The number of carbonyl (C=O) groups is 1. The molecule has 2 fully saturated rings. The van der Waals surface area contributed by atoms with Gasteiger partial charge in [-0.25, -0.2) is 4.79 Å². The summed E-state index contributed by atoms with van der Waals surface area (Å²) in [7, 11) is 0. The van der Waals surface area contributed by atoms with Crippen LogP contribution in [0.3, 0.4) is 0 Å². The second-order valence-corrected chi connectivity index (χ2v) is 10.1. The summed E-state index contributed by atoms with van der Waals surface area (Å²) < 4.78 is 2.20. The highest BCUT2D eigenvalue weighted by molar-refractivity contribution is 7.16. The van der Waals surface area contributed by atoms with Crippen LogP contribution in [0.5, 0.6) is 0 Å². The van der Waals surface area contributed by atoms with Gasteiger partial charge in [-0.2, -0.15) is 4.98 Å². The van der Waals surface area contributed by atoms with Gasteiger partial charge in [-0.05, 0) is 38.0 Å². The molecule has 2 atom stereocenters. The van der Waals surface area contributed by atoms with E-state index in [4.69, 9.17) is 11.6 Å². The summed E-state index contributed by atoms with van der Waals surface area (Å²) in [6.45, 7) is 7.14. The van der Waals surface area contributed by atoms with Crippen molar-refractivity contribution in [3.8, 4) is 0 Å². The van der Waals surface area contributed by atoms with Gasteiger partial charge in [0.05, 0.1) is 10.9 Å². The fraction of sp³-hybridized carbons (Fsp3) is 0.550. The molecule has 0 aromatic carbocycles. The predicted octanol–water partition coefficient (Wildman–Crippen LogP) is 1.53. The molecule has 1 amide bonds. The molecule has 1 N–H and O–H groups in total. The van der Waals surface area contributed by atoms with Gasteiger partial charge in [0.2, 0.25) is 5.91 Å². The van der Waals surface area contributed by atoms with Crippen LogP contribution in [-0.4, -0.2) is 63.2 Å². The maximum atomic E-state index is 12.9. The lowest BCUT2D eigenvalue weighted by molar-refractivity contribution is -0.131. The Morgan fingerprint density at radius 1 is 1.34 bits per heavy atom. The van der Waals surface area contributed by atoms with Crippen molar-refractivity contribution >= 4 is 28.8 Å². The Hall–Kier alpha value is -1.74. The van der Waals surface area contributed by atoms with E-state index in [-0.39, 0.29) is 30.4 Å². The Kier molecular flexibility index (Phi) is 5.54. The standard InChI is InChI=1S/C20H25ClN4O3S/c1-13-5-14(2)25(19(28)22-13)9-18(27)24-7-15-6-23(10-20(15,11-24)12-26)8-16-3-4-17(21)29-16/h3-5,15,26H,6-12H2,1-2H3. The largest absolute Gasteiger partial charge is 0.396 e. The van der Waals surface area contributed by atoms with Crippen molar-refractivity contribution in [1.29, 1.82) is 0 Å². The van der Waals surface area contributed by atoms with Crippen molar-refractivity contribution in [1.82, 2.24) is 19.4 Å². The smallest absolute Gasteiger partial charge is 0.348 e. The third-order valence-electron chi connectivity index (χ3n) is 6.15. The molecule has 0 aliphatic carbocycles. The summed E-state index contributed by atoms with van der Waals surface area (Å²) in [6.07, 6.45) is 0. The number of aliphatic hydroxyl groups is 1. The van der Waals surface area contributed by atoms with Gasteiger partial charge < -0.3 is 10.0 Å². The van der Waals surface area contributed by atoms with E-state index in [1.807, 2.05) is 19.1 Å². The first kappa shape index (κ1) is 20.5. The fourth-order valence-electron chi connectivity index (χ4n) is 4.68. The summed E-state index contributed by atoms with van der Waals surface area (Å²) in [5.74, 6) is 0.125. The van der Waals surface area contributed by atoms with Crippen LogP contribution in [0.2, 0.25) is 4.34 Å². The van der Waals surface area contributed by atoms with Crippen LogP contribution in [0.1, 0.15) is 16.3 Å². The number of amides is 1. The summed E-state index contributed by atoms with van der Waals surface area (Å²) >= 11 is 7.61. The monoisotopic (exact) mass is 436 g/mol. The van der Waals surface area contributed by atoms with E-state index in [9.17, 15) is 14.7 Å². The number of aryl methyl sites for hydroxylation is 2. The van der Waals surface area contributed by atoms with Crippen LogP contribution in [-0.2, 0) is 17.9 Å². The Labute approximate surface area is 178 Å². The van der Waals surface area contributed by atoms with E-state index in [1.165, 1.54) is 9.44 Å². The van der Waals surface area contributed by atoms with Gasteiger partial charge >= 0.3 is 5.69 Å². The molecule has 0 spiro atoms. The molecule has 2 unspecified atom stereocenters. The molecule has 0 radical (unpaired) electrons. The zero-order chi connectivity index (χ0) is 20.8. The Morgan fingerprint density at radius 2 is 2.14 bits per heavy atom. The summed E-state index contributed by atoms with van der Waals surface area (Å²) in [5, 5.41) is 10.2. The molecule has 7 nitrogen and oxygen atoms in total. The topological polar surface area (TPSA) is 78.7 Å². The minimum absolute atomic E-state index is 0.0103. The van der Waals surface area contributed by atoms with Crippen molar-refractivity contribution in [3.05, 3.63) is 49.3 Å². The number of likely N-dealkylation sites (tertiary alicyclic amines) is 2. The third kappa shape index (κ3) is 3.99. The number of hydrogen-bond donors (Lipinski definition) is 1. The van der Waals surface area contributed by atoms with Crippen LogP contribution in [0.15, 0.2) is 23.0 Å². The van der Waals surface area contributed by atoms with Crippen LogP contribution in [0.25, 0.3) is 0 Å². The van der Waals surface area contributed by atoms with E-state index in [2.05, 4.69) is 9.88 Å². The molecule has 4 heterocycles. The molecule has 4 rings (SSSR count). The number of fused-ring (bicyclic) bond motifs is 1. The van der Waals surface area contributed by atoms with Crippen LogP contribution in [0, 0.1) is 25.2 Å². The Bertz CT molecular complexity index is 990. The molecule has 9 heteroatoms. The number of carbonyl (C=O) groups excluding carboxylic acids is 1. The maximum absolute atomic E-state index is 12.9. The number of nitrogens with zero attached hydrogens (tertiary/aromatic N) is 4. The van der Waals surface area contributed by atoms with Crippen molar-refractivity contribution < 1.29 is 9.90 Å². The van der Waals surface area contributed by atoms with E-state index >= 15 is 0 Å². The minimum atomic E-state index is -0.395. The SMILES string of the molecule is Cc1cc(C)n(CC(=O)N2CC3CN(Cc4ccc(Cl)s4)CC3(CO)C2)c(=O)n1. The quantitative estimate of drug-likeness (QED) is 0.769. The molecular formula is C20H25ClN4O3S. The molecule has 2 aromatic rings. The number of thiophene rings is 1. The van der Waals surface area contributed by atoms with E-state index in [1.54, 1.807) is 29.2 Å². The zero-order valence-electron chi connectivity index (χ0n) is 16.6. The molecule has 2 aliphatic heterocycles. The second kappa shape index (κ2) is 7.83. The van der Waals surface area contributed by atoms with E-state index in [0.29, 0.717) is 18.8 Å². The Balaban J connectivity index is 1.43. The van der Waals surface area contributed by atoms with Crippen molar-refractivity contribution in [2.45, 2.75) is 26.9 Å². The van der Waals surface area contributed by atoms with Gasteiger partial charge in [0.25, 0.3) is 0 Å². The van der Waals surface area contributed by atoms with Gasteiger partial charge in [0, 0.05) is 54.4 Å². The average Bonchev–Trinajstić information content (AvgIpc) is 3.30. The average molecular weight is 437 g/mol. The molecule has 0 saturated carbocycles. The number of aromatic nitrogens is 2. The highest BCUT2D eigenvalue weighted by Gasteiger charge is 2.53. The highest BCUT2D eigenvalue weighted by atomic mass is 35.5. The Morgan fingerprint density at radius 3 is 2.76 bits per heavy atom. The fourth-order valence-corrected chi connectivity index (χ4v) is 5.81. The first-order valence-electron chi connectivity index (χ1n) is 9.70. The number of halogens is 1. The number of hydrogen-bond acceptors (Lipinski definition) is 6. The van der Waals surface area contributed by atoms with E-state index in [0.717, 1.165) is 29.7 Å². The van der Waals surface area contributed by atoms with Crippen molar-refractivity contribution in [2.75, 3.05) is 32.8 Å². The van der Waals surface area contributed by atoms with Gasteiger partial charge in [0.15, 0.2) is 0 Å². The summed E-state index contributed by atoms with van der Waals surface area (Å²) in [6, 6.07) is 5.75. The zero-order valence-corrected chi connectivity index (χ0v) is 18.2. The molecule has 156 valence electrons. The maximum Gasteiger partial charge on any atom is 0.348 e. The number of aliphatic hydroxyl groups excluding tert-OH is 1. The third-order valence-corrected chi connectivity index (χ3v) is 7.36. The van der Waals surface area contributed by atoms with Gasteiger partial charge in [-0.15, -0.1) is 11.3 Å². The lowest BCUT2D eigenvalue weighted by atomic mass is 9.82. The van der Waals surface area contributed by atoms with Gasteiger partial charge in [-0.3, -0.25) is 14.3 Å². The molecule has 2 saturated heterocycles. The second-order valence-electron chi connectivity index (χ2n) is 8.27. The van der Waals surface area contributed by atoms with Crippen LogP contribution < -0.4 is 5.69 Å². The van der Waals surface area contributed by atoms with Gasteiger partial charge in [0.1, 0.15) is 6.54 Å². The molecular weight excluding hydrogens is 412 g/mol. The van der Waals surface area contributed by atoms with Crippen LogP contribution in [0.4, 0.5) is 0 Å². The van der Waals surface area contributed by atoms with E-state index < -0.39 is 5.69 Å².